The second-order valence-electron chi connectivity index (χ2n) is 4.22. The Kier molecular flexibility index (Phi) is 5.22. The maximum Gasteiger partial charge on any atom is 0.218 e. The average Bonchev–Trinajstić information content (AvgIpc) is 2.22. The Hall–Kier alpha value is -0.610. The summed E-state index contributed by atoms with van der Waals surface area (Å²) in [4.78, 5) is 4.31. The summed E-state index contributed by atoms with van der Waals surface area (Å²) in [7, 11) is 1.91. The number of hydrogen-bond donors (Lipinski definition) is 1. The molecule has 90 valence electrons. The van der Waals surface area contributed by atoms with Gasteiger partial charge in [0.1, 0.15) is 0 Å². The van der Waals surface area contributed by atoms with E-state index in [1.807, 2.05) is 13.1 Å². The van der Waals surface area contributed by atoms with Crippen molar-refractivity contribution in [3.05, 3.63) is 22.3 Å². The van der Waals surface area contributed by atoms with Gasteiger partial charge in [-0.05, 0) is 41.9 Å². The lowest BCUT2D eigenvalue weighted by Crippen LogP contribution is -2.20. The molecule has 1 aromatic rings. The normalized spacial score (nSPS) is 12.9. The summed E-state index contributed by atoms with van der Waals surface area (Å²) in [5.74, 6) is 1.20. The van der Waals surface area contributed by atoms with Crippen LogP contribution in [0.5, 0.6) is 5.88 Å². The molecule has 0 saturated heterocycles. The maximum atomic E-state index is 5.84. The van der Waals surface area contributed by atoms with Crippen molar-refractivity contribution in [3.63, 3.8) is 0 Å². The molecule has 1 rings (SSSR count). The zero-order valence-corrected chi connectivity index (χ0v) is 11.8. The first-order valence-electron chi connectivity index (χ1n) is 5.50. The minimum Gasteiger partial charge on any atom is -0.474 e. The molecule has 0 amide bonds. The summed E-state index contributed by atoms with van der Waals surface area (Å²) in [5.41, 5.74) is 1.07. The quantitative estimate of drug-likeness (QED) is 0.904. The summed E-state index contributed by atoms with van der Waals surface area (Å²) >= 11 is 3.42. The number of nitrogens with one attached hydrogen (secondary N) is 1. The standard InChI is InChI=1S/C12H19BrN2O/c1-8(2)9(3)16-12-10(6-14-4)5-11(13)7-15-12/h5,7-9,14H,6H2,1-4H3. The van der Waals surface area contributed by atoms with Gasteiger partial charge in [-0.1, -0.05) is 13.8 Å². The molecule has 16 heavy (non-hydrogen) atoms. The Balaban J connectivity index is 2.85. The number of pyridine rings is 1. The van der Waals surface area contributed by atoms with E-state index in [0.717, 1.165) is 22.5 Å². The van der Waals surface area contributed by atoms with Gasteiger partial charge < -0.3 is 10.1 Å². The molecule has 0 spiro atoms. The fraction of sp³-hybridized carbons (Fsp3) is 0.583. The van der Waals surface area contributed by atoms with Gasteiger partial charge in [0.15, 0.2) is 0 Å². The molecular formula is C12H19BrN2O. The van der Waals surface area contributed by atoms with Crippen molar-refractivity contribution in [2.24, 2.45) is 5.92 Å². The van der Waals surface area contributed by atoms with E-state index >= 15 is 0 Å². The van der Waals surface area contributed by atoms with Crippen molar-refractivity contribution in [3.8, 4) is 5.88 Å². The van der Waals surface area contributed by atoms with Gasteiger partial charge in [-0.15, -0.1) is 0 Å². The molecule has 0 saturated carbocycles. The first-order chi connectivity index (χ1) is 7.54. The van der Waals surface area contributed by atoms with E-state index in [1.54, 1.807) is 6.20 Å². The van der Waals surface area contributed by atoms with E-state index in [-0.39, 0.29) is 6.10 Å². The van der Waals surface area contributed by atoms with Gasteiger partial charge in [-0.2, -0.15) is 0 Å². The van der Waals surface area contributed by atoms with E-state index in [9.17, 15) is 0 Å². The summed E-state index contributed by atoms with van der Waals surface area (Å²) in [6, 6.07) is 2.03. The third-order valence-corrected chi connectivity index (χ3v) is 2.93. The van der Waals surface area contributed by atoms with Crippen molar-refractivity contribution in [1.82, 2.24) is 10.3 Å². The van der Waals surface area contributed by atoms with E-state index in [1.165, 1.54) is 0 Å². The molecule has 0 radical (unpaired) electrons. The number of ether oxygens (including phenoxy) is 1. The highest BCUT2D eigenvalue weighted by molar-refractivity contribution is 9.10. The predicted octanol–water partition coefficient (Wildman–Crippen LogP) is 2.99. The number of rotatable bonds is 5. The van der Waals surface area contributed by atoms with Crippen LogP contribution in [0.2, 0.25) is 0 Å². The lowest BCUT2D eigenvalue weighted by molar-refractivity contribution is 0.161. The number of nitrogens with zero attached hydrogens (tertiary/aromatic N) is 1. The highest BCUT2D eigenvalue weighted by Gasteiger charge is 2.12. The first-order valence-corrected chi connectivity index (χ1v) is 6.29. The van der Waals surface area contributed by atoms with Gasteiger partial charge >= 0.3 is 0 Å². The molecule has 0 bridgehead atoms. The van der Waals surface area contributed by atoms with Crippen LogP contribution in [0.1, 0.15) is 26.3 Å². The largest absolute Gasteiger partial charge is 0.474 e. The summed E-state index contributed by atoms with van der Waals surface area (Å²) in [5, 5.41) is 3.11. The minimum absolute atomic E-state index is 0.171. The van der Waals surface area contributed by atoms with Crippen molar-refractivity contribution < 1.29 is 4.74 Å². The minimum atomic E-state index is 0.171. The monoisotopic (exact) mass is 286 g/mol. The Labute approximate surface area is 106 Å². The third-order valence-electron chi connectivity index (χ3n) is 2.50. The first kappa shape index (κ1) is 13.5. The van der Waals surface area contributed by atoms with Gasteiger partial charge in [0, 0.05) is 22.8 Å². The van der Waals surface area contributed by atoms with Crippen LogP contribution in [0.15, 0.2) is 16.7 Å². The third kappa shape index (κ3) is 3.76. The van der Waals surface area contributed by atoms with Crippen LogP contribution in [0.4, 0.5) is 0 Å². The number of halogens is 1. The van der Waals surface area contributed by atoms with E-state index in [4.69, 9.17) is 4.74 Å². The van der Waals surface area contributed by atoms with Crippen LogP contribution in [0.3, 0.4) is 0 Å². The molecule has 3 nitrogen and oxygen atoms in total. The smallest absolute Gasteiger partial charge is 0.218 e. The van der Waals surface area contributed by atoms with Gasteiger partial charge in [0.25, 0.3) is 0 Å². The molecule has 1 N–H and O–H groups in total. The molecule has 1 unspecified atom stereocenters. The van der Waals surface area contributed by atoms with E-state index in [0.29, 0.717) is 5.92 Å². The van der Waals surface area contributed by atoms with Crippen molar-refractivity contribution in [1.29, 1.82) is 0 Å². The number of hydrogen-bond acceptors (Lipinski definition) is 3. The number of aromatic nitrogens is 1. The molecule has 4 heteroatoms. The van der Waals surface area contributed by atoms with Gasteiger partial charge in [0.05, 0.1) is 6.10 Å². The molecule has 1 aromatic heterocycles. The van der Waals surface area contributed by atoms with Crippen LogP contribution >= 0.6 is 15.9 Å². The molecule has 0 aliphatic rings. The Morgan fingerprint density at radius 3 is 2.69 bits per heavy atom. The van der Waals surface area contributed by atoms with Crippen molar-refractivity contribution >= 4 is 15.9 Å². The SMILES string of the molecule is CNCc1cc(Br)cnc1OC(C)C(C)C. The average molecular weight is 287 g/mol. The topological polar surface area (TPSA) is 34.2 Å². The summed E-state index contributed by atoms with van der Waals surface area (Å²) in [6.45, 7) is 7.10. The van der Waals surface area contributed by atoms with Crippen molar-refractivity contribution in [2.45, 2.75) is 33.4 Å². The molecule has 1 heterocycles. The van der Waals surface area contributed by atoms with Crippen LogP contribution in [-0.4, -0.2) is 18.1 Å². The van der Waals surface area contributed by atoms with E-state index < -0.39 is 0 Å². The van der Waals surface area contributed by atoms with Crippen LogP contribution in [0, 0.1) is 5.92 Å². The zero-order chi connectivity index (χ0) is 12.1. The van der Waals surface area contributed by atoms with Crippen LogP contribution in [0.25, 0.3) is 0 Å². The fourth-order valence-electron chi connectivity index (χ4n) is 1.20. The molecular weight excluding hydrogens is 268 g/mol. The summed E-state index contributed by atoms with van der Waals surface area (Å²) in [6.07, 6.45) is 1.94. The Morgan fingerprint density at radius 1 is 1.44 bits per heavy atom. The van der Waals surface area contributed by atoms with Crippen LogP contribution in [-0.2, 0) is 6.54 Å². The fourth-order valence-corrected chi connectivity index (χ4v) is 1.58. The highest BCUT2D eigenvalue weighted by Crippen LogP contribution is 2.22. The van der Waals surface area contributed by atoms with E-state index in [2.05, 4.69) is 47.0 Å². The summed E-state index contributed by atoms with van der Waals surface area (Å²) < 4.78 is 6.82. The zero-order valence-electron chi connectivity index (χ0n) is 10.2. The molecule has 0 aliphatic carbocycles. The van der Waals surface area contributed by atoms with Crippen LogP contribution < -0.4 is 10.1 Å². The Bertz CT molecular complexity index is 342. The van der Waals surface area contributed by atoms with Crippen molar-refractivity contribution in [2.75, 3.05) is 7.05 Å². The second-order valence-corrected chi connectivity index (χ2v) is 5.13. The Morgan fingerprint density at radius 2 is 2.12 bits per heavy atom. The van der Waals surface area contributed by atoms with Gasteiger partial charge in [-0.3, -0.25) is 0 Å². The lowest BCUT2D eigenvalue weighted by atomic mass is 10.1. The van der Waals surface area contributed by atoms with Gasteiger partial charge in [-0.25, -0.2) is 4.98 Å². The molecule has 1 atom stereocenters. The lowest BCUT2D eigenvalue weighted by Gasteiger charge is -2.19. The maximum absolute atomic E-state index is 5.84. The molecule has 0 aliphatic heterocycles. The predicted molar refractivity (Wildman–Crippen MR) is 69.6 cm³/mol. The second kappa shape index (κ2) is 6.21. The molecule has 0 fully saturated rings. The molecule has 0 aromatic carbocycles. The highest BCUT2D eigenvalue weighted by atomic mass is 79.9. The van der Waals surface area contributed by atoms with Gasteiger partial charge in [0.2, 0.25) is 5.88 Å².